The van der Waals surface area contributed by atoms with E-state index in [2.05, 4.69) is 9.97 Å². The topological polar surface area (TPSA) is 87.3 Å². The van der Waals surface area contributed by atoms with Crippen molar-refractivity contribution in [3.05, 3.63) is 83.1 Å². The van der Waals surface area contributed by atoms with Crippen molar-refractivity contribution in [3.63, 3.8) is 0 Å². The number of carbonyl (C=O) groups is 1. The monoisotopic (exact) mass is 433 g/mol. The number of nitrogens with two attached hydrogens (primary N) is 1. The largest absolute Gasteiger partial charge is 0.493 e. The maximum atomic E-state index is 12.7. The first-order valence-electron chi connectivity index (χ1n) is 9.68. The molecule has 0 bridgehead atoms. The molecule has 2 aromatic carbocycles. The number of ether oxygens (including phenoxy) is 2. The van der Waals surface area contributed by atoms with Gasteiger partial charge in [0.25, 0.3) is 0 Å². The maximum Gasteiger partial charge on any atom is 0.238 e. The molecule has 6 nitrogen and oxygen atoms in total. The first kappa shape index (κ1) is 20.6. The lowest BCUT2D eigenvalue weighted by Gasteiger charge is -2.11. The number of benzene rings is 2. The number of aromatic nitrogens is 2. The van der Waals surface area contributed by atoms with Crippen LogP contribution in [0.15, 0.2) is 67.0 Å². The van der Waals surface area contributed by atoms with Crippen molar-refractivity contribution >= 4 is 34.0 Å². The van der Waals surface area contributed by atoms with Gasteiger partial charge in [-0.1, -0.05) is 41.9 Å². The number of nitrogen functional groups attached to an aromatic ring is 1. The van der Waals surface area contributed by atoms with E-state index in [9.17, 15) is 4.79 Å². The molecule has 2 heterocycles. The summed E-state index contributed by atoms with van der Waals surface area (Å²) in [6.07, 6.45) is 4.07. The van der Waals surface area contributed by atoms with Crippen molar-refractivity contribution in [3.8, 4) is 17.4 Å². The Labute approximate surface area is 184 Å². The van der Waals surface area contributed by atoms with E-state index in [0.29, 0.717) is 35.7 Å². The molecule has 0 atom stereocenters. The lowest BCUT2D eigenvalue weighted by atomic mass is 10.0. The van der Waals surface area contributed by atoms with Gasteiger partial charge in [-0.3, -0.25) is 4.79 Å². The minimum absolute atomic E-state index is 0.0485. The van der Waals surface area contributed by atoms with Crippen LogP contribution in [0.5, 0.6) is 17.4 Å². The van der Waals surface area contributed by atoms with Gasteiger partial charge in [0.2, 0.25) is 5.88 Å². The number of ketones is 1. The second-order valence-electron chi connectivity index (χ2n) is 6.94. The van der Waals surface area contributed by atoms with Crippen molar-refractivity contribution in [2.45, 2.75) is 12.8 Å². The molecule has 0 saturated carbocycles. The molecule has 7 heteroatoms. The van der Waals surface area contributed by atoms with E-state index in [1.54, 1.807) is 31.5 Å². The smallest absolute Gasteiger partial charge is 0.238 e. The molecular weight excluding hydrogens is 414 g/mol. The van der Waals surface area contributed by atoms with Gasteiger partial charge in [0.15, 0.2) is 17.3 Å². The Hall–Kier alpha value is -3.64. The van der Waals surface area contributed by atoms with E-state index in [0.717, 1.165) is 16.3 Å². The molecule has 4 aromatic rings. The SMILES string of the molecule is COc1ccccc1Oc1ncc(C(=O)CCc2ccc3c(N)nccc3c2)cc1Cl. The third kappa shape index (κ3) is 4.59. The number of methoxy groups -OCH3 is 1. The standard InChI is InChI=1S/C24H20ClN3O3/c1-30-21-4-2-3-5-22(21)31-24-19(25)13-17(14-28-24)20(29)9-7-15-6-8-18-16(12-15)10-11-27-23(18)26/h2-6,8,10-14H,7,9H2,1H3,(H2,26,27). The van der Waals surface area contributed by atoms with Crippen LogP contribution in [-0.2, 0) is 6.42 Å². The number of hydrogen-bond acceptors (Lipinski definition) is 6. The van der Waals surface area contributed by atoms with Crippen molar-refractivity contribution < 1.29 is 14.3 Å². The number of hydrogen-bond donors (Lipinski definition) is 1. The molecule has 0 saturated heterocycles. The number of para-hydroxylation sites is 2. The van der Waals surface area contributed by atoms with E-state index in [4.69, 9.17) is 26.8 Å². The Balaban J connectivity index is 1.45. The number of Topliss-reactive ketones (excluding diaryl/α,β-unsaturated/α-hetero) is 1. The molecule has 0 amide bonds. The van der Waals surface area contributed by atoms with Crippen LogP contribution < -0.4 is 15.2 Å². The predicted molar refractivity (Wildman–Crippen MR) is 121 cm³/mol. The number of halogens is 1. The summed E-state index contributed by atoms with van der Waals surface area (Å²) in [5, 5.41) is 2.16. The number of nitrogens with zero attached hydrogens (tertiary/aromatic N) is 2. The summed E-state index contributed by atoms with van der Waals surface area (Å²) in [6, 6.07) is 16.6. The summed E-state index contributed by atoms with van der Waals surface area (Å²) >= 11 is 6.32. The van der Waals surface area contributed by atoms with Crippen LogP contribution in [0.4, 0.5) is 5.82 Å². The summed E-state index contributed by atoms with van der Waals surface area (Å²) in [5.74, 6) is 1.71. The van der Waals surface area contributed by atoms with Gasteiger partial charge in [0, 0.05) is 29.8 Å². The van der Waals surface area contributed by atoms with Gasteiger partial charge < -0.3 is 15.2 Å². The number of pyridine rings is 2. The normalized spacial score (nSPS) is 10.8. The van der Waals surface area contributed by atoms with Crippen LogP contribution in [0.1, 0.15) is 22.3 Å². The van der Waals surface area contributed by atoms with Gasteiger partial charge in [0.1, 0.15) is 10.8 Å². The van der Waals surface area contributed by atoms with Crippen LogP contribution in [0.25, 0.3) is 10.8 Å². The number of carbonyl (C=O) groups excluding carboxylic acids is 1. The quantitative estimate of drug-likeness (QED) is 0.388. The van der Waals surface area contributed by atoms with Crippen molar-refractivity contribution in [1.29, 1.82) is 0 Å². The molecule has 2 aromatic heterocycles. The van der Waals surface area contributed by atoms with E-state index in [1.165, 1.54) is 6.20 Å². The molecule has 0 spiro atoms. The highest BCUT2D eigenvalue weighted by molar-refractivity contribution is 6.32. The Bertz CT molecular complexity index is 1260. The Kier molecular flexibility index (Phi) is 6.00. The van der Waals surface area contributed by atoms with Crippen molar-refractivity contribution in [1.82, 2.24) is 9.97 Å². The fraction of sp³-hybridized carbons (Fsp3) is 0.125. The number of fused-ring (bicyclic) bond motifs is 1. The first-order valence-corrected chi connectivity index (χ1v) is 10.1. The van der Waals surface area contributed by atoms with Crippen molar-refractivity contribution in [2.24, 2.45) is 0 Å². The summed E-state index contributed by atoms with van der Waals surface area (Å²) in [5.41, 5.74) is 7.37. The predicted octanol–water partition coefficient (Wildman–Crippen LogP) is 5.48. The fourth-order valence-corrected chi connectivity index (χ4v) is 3.47. The second-order valence-corrected chi connectivity index (χ2v) is 7.35. The molecule has 0 aliphatic carbocycles. The van der Waals surface area contributed by atoms with Crippen LogP contribution >= 0.6 is 11.6 Å². The number of anilines is 1. The van der Waals surface area contributed by atoms with Crippen LogP contribution in [0.2, 0.25) is 5.02 Å². The zero-order valence-corrected chi connectivity index (χ0v) is 17.6. The van der Waals surface area contributed by atoms with Crippen LogP contribution in [-0.4, -0.2) is 22.9 Å². The van der Waals surface area contributed by atoms with Gasteiger partial charge in [-0.15, -0.1) is 0 Å². The molecule has 4 rings (SSSR count). The summed E-state index contributed by atoms with van der Waals surface area (Å²) in [6.45, 7) is 0. The molecule has 2 N–H and O–H groups in total. The minimum Gasteiger partial charge on any atom is -0.493 e. The molecule has 156 valence electrons. The van der Waals surface area contributed by atoms with Crippen LogP contribution in [0.3, 0.4) is 0 Å². The molecule has 0 fully saturated rings. The van der Waals surface area contributed by atoms with E-state index in [1.807, 2.05) is 36.4 Å². The highest BCUT2D eigenvalue weighted by Gasteiger charge is 2.14. The molecule has 0 aliphatic heterocycles. The summed E-state index contributed by atoms with van der Waals surface area (Å²) in [7, 11) is 1.56. The van der Waals surface area contributed by atoms with Gasteiger partial charge >= 0.3 is 0 Å². The molecule has 31 heavy (non-hydrogen) atoms. The zero-order valence-electron chi connectivity index (χ0n) is 16.8. The average molecular weight is 434 g/mol. The van der Waals surface area contributed by atoms with E-state index >= 15 is 0 Å². The van der Waals surface area contributed by atoms with Crippen molar-refractivity contribution in [2.75, 3.05) is 12.8 Å². The Morgan fingerprint density at radius 3 is 2.65 bits per heavy atom. The van der Waals surface area contributed by atoms with Gasteiger partial charge in [-0.25, -0.2) is 9.97 Å². The summed E-state index contributed by atoms with van der Waals surface area (Å²) in [4.78, 5) is 21.0. The highest BCUT2D eigenvalue weighted by atomic mass is 35.5. The number of aryl methyl sites for hydroxylation is 1. The van der Waals surface area contributed by atoms with E-state index < -0.39 is 0 Å². The lowest BCUT2D eigenvalue weighted by molar-refractivity contribution is 0.0982. The van der Waals surface area contributed by atoms with Gasteiger partial charge in [-0.05, 0) is 41.6 Å². The third-order valence-electron chi connectivity index (χ3n) is 4.91. The summed E-state index contributed by atoms with van der Waals surface area (Å²) < 4.78 is 11.0. The first-order chi connectivity index (χ1) is 15.0. The number of rotatable bonds is 7. The maximum absolute atomic E-state index is 12.7. The molecule has 0 aliphatic rings. The highest BCUT2D eigenvalue weighted by Crippen LogP contribution is 2.33. The zero-order chi connectivity index (χ0) is 21.8. The Morgan fingerprint density at radius 2 is 1.87 bits per heavy atom. The molecular formula is C24H20ClN3O3. The second kappa shape index (κ2) is 9.02. The third-order valence-corrected chi connectivity index (χ3v) is 5.18. The Morgan fingerprint density at radius 1 is 1.06 bits per heavy atom. The lowest BCUT2D eigenvalue weighted by Crippen LogP contribution is -2.03. The average Bonchev–Trinajstić information content (AvgIpc) is 2.79. The fourth-order valence-electron chi connectivity index (χ4n) is 3.27. The minimum atomic E-state index is -0.0485. The molecule has 0 unspecified atom stereocenters. The molecule has 0 radical (unpaired) electrons. The van der Waals surface area contributed by atoms with Crippen LogP contribution in [0, 0.1) is 0 Å². The van der Waals surface area contributed by atoms with Gasteiger partial charge in [-0.2, -0.15) is 0 Å². The van der Waals surface area contributed by atoms with Gasteiger partial charge in [0.05, 0.1) is 7.11 Å². The van der Waals surface area contributed by atoms with E-state index in [-0.39, 0.29) is 16.7 Å².